The van der Waals surface area contributed by atoms with Crippen LogP contribution in [0.3, 0.4) is 0 Å². The number of thioether (sulfide) groups is 1. The summed E-state index contributed by atoms with van der Waals surface area (Å²) in [5.74, 6) is 2.25. The first kappa shape index (κ1) is 11.2. The number of benzene rings is 1. The minimum atomic E-state index is -0.110. The van der Waals surface area contributed by atoms with Gasteiger partial charge in [-0.2, -0.15) is 11.8 Å². The average Bonchev–Trinajstić information content (AvgIpc) is 2.50. The maximum atomic E-state index is 13.6. The first-order valence-corrected chi connectivity index (χ1v) is 7.29. The molecule has 0 amide bonds. The standard InChI is InChI=1S/C13H17FN2S/c1-9-6-13-12(7-11(9)14)15-3-2-10-8-17-5-4-16(10)13/h6-7,10,15H,2-5,8H2,1H3. The minimum Gasteiger partial charge on any atom is -0.383 e. The van der Waals surface area contributed by atoms with E-state index in [2.05, 4.69) is 10.2 Å². The summed E-state index contributed by atoms with van der Waals surface area (Å²) in [6.45, 7) is 3.86. The molecule has 2 heterocycles. The Morgan fingerprint density at radius 2 is 2.35 bits per heavy atom. The molecule has 1 unspecified atom stereocenters. The van der Waals surface area contributed by atoms with Crippen LogP contribution in [0, 0.1) is 12.7 Å². The summed E-state index contributed by atoms with van der Waals surface area (Å²) in [4.78, 5) is 2.46. The van der Waals surface area contributed by atoms with Crippen LogP contribution >= 0.6 is 11.8 Å². The van der Waals surface area contributed by atoms with Crippen LogP contribution in [0.1, 0.15) is 12.0 Å². The van der Waals surface area contributed by atoms with Crippen LogP contribution in [0.4, 0.5) is 15.8 Å². The zero-order chi connectivity index (χ0) is 11.8. The monoisotopic (exact) mass is 252 g/mol. The Bertz CT molecular complexity index is 436. The lowest BCUT2D eigenvalue weighted by atomic mass is 10.1. The smallest absolute Gasteiger partial charge is 0.128 e. The lowest BCUT2D eigenvalue weighted by Gasteiger charge is -2.36. The fourth-order valence-electron chi connectivity index (χ4n) is 2.63. The van der Waals surface area contributed by atoms with Crippen molar-refractivity contribution < 1.29 is 4.39 Å². The van der Waals surface area contributed by atoms with Crippen molar-refractivity contribution in [1.82, 2.24) is 0 Å². The molecule has 2 aliphatic rings. The fourth-order valence-corrected chi connectivity index (χ4v) is 3.74. The number of halogens is 1. The van der Waals surface area contributed by atoms with Crippen LogP contribution in [0.25, 0.3) is 0 Å². The molecule has 0 radical (unpaired) electrons. The third-order valence-corrected chi connectivity index (χ3v) is 4.70. The lowest BCUT2D eigenvalue weighted by molar-refractivity contribution is 0.615. The van der Waals surface area contributed by atoms with Gasteiger partial charge >= 0.3 is 0 Å². The molecule has 0 bridgehead atoms. The van der Waals surface area contributed by atoms with Crippen LogP contribution < -0.4 is 10.2 Å². The molecule has 0 aliphatic carbocycles. The highest BCUT2D eigenvalue weighted by atomic mass is 32.2. The van der Waals surface area contributed by atoms with Crippen molar-refractivity contribution in [3.63, 3.8) is 0 Å². The maximum absolute atomic E-state index is 13.6. The van der Waals surface area contributed by atoms with Crippen molar-refractivity contribution in [3.8, 4) is 0 Å². The Kier molecular flexibility index (Phi) is 2.90. The number of aryl methyl sites for hydroxylation is 1. The van der Waals surface area contributed by atoms with Crippen molar-refractivity contribution in [1.29, 1.82) is 0 Å². The van der Waals surface area contributed by atoms with Crippen molar-refractivity contribution in [3.05, 3.63) is 23.5 Å². The van der Waals surface area contributed by atoms with Crippen LogP contribution in [0.5, 0.6) is 0 Å². The van der Waals surface area contributed by atoms with E-state index in [9.17, 15) is 4.39 Å². The van der Waals surface area contributed by atoms with E-state index in [-0.39, 0.29) is 5.82 Å². The quantitative estimate of drug-likeness (QED) is 0.764. The minimum absolute atomic E-state index is 0.110. The average molecular weight is 252 g/mol. The van der Waals surface area contributed by atoms with E-state index in [0.29, 0.717) is 6.04 Å². The van der Waals surface area contributed by atoms with Crippen molar-refractivity contribution in [2.24, 2.45) is 0 Å². The molecule has 2 aliphatic heterocycles. The molecule has 1 N–H and O–H groups in total. The van der Waals surface area contributed by atoms with Gasteiger partial charge in [0.05, 0.1) is 11.4 Å². The second kappa shape index (κ2) is 4.41. The van der Waals surface area contributed by atoms with Gasteiger partial charge in [-0.1, -0.05) is 0 Å². The molecular weight excluding hydrogens is 235 g/mol. The van der Waals surface area contributed by atoms with Gasteiger partial charge in [0, 0.05) is 30.6 Å². The summed E-state index contributed by atoms with van der Waals surface area (Å²) < 4.78 is 13.6. The van der Waals surface area contributed by atoms with E-state index in [1.807, 2.05) is 24.8 Å². The molecule has 92 valence electrons. The van der Waals surface area contributed by atoms with E-state index >= 15 is 0 Å². The topological polar surface area (TPSA) is 15.3 Å². The Morgan fingerprint density at radius 3 is 3.24 bits per heavy atom. The van der Waals surface area contributed by atoms with E-state index in [0.717, 1.165) is 30.8 Å². The fraction of sp³-hybridized carbons (Fsp3) is 0.538. The van der Waals surface area contributed by atoms with Gasteiger partial charge in [0.2, 0.25) is 0 Å². The molecule has 1 fully saturated rings. The predicted octanol–water partition coefficient (Wildman–Crippen LogP) is 2.87. The molecule has 0 saturated carbocycles. The molecule has 17 heavy (non-hydrogen) atoms. The Balaban J connectivity index is 2.05. The van der Waals surface area contributed by atoms with Crippen LogP contribution in [0.2, 0.25) is 0 Å². The van der Waals surface area contributed by atoms with Gasteiger partial charge < -0.3 is 10.2 Å². The van der Waals surface area contributed by atoms with Gasteiger partial charge in [-0.3, -0.25) is 0 Å². The molecule has 2 nitrogen and oxygen atoms in total. The van der Waals surface area contributed by atoms with Crippen molar-refractivity contribution in [2.45, 2.75) is 19.4 Å². The highest BCUT2D eigenvalue weighted by Gasteiger charge is 2.27. The zero-order valence-electron chi connectivity index (χ0n) is 10.0. The maximum Gasteiger partial charge on any atom is 0.128 e. The molecule has 4 heteroatoms. The second-order valence-corrected chi connectivity index (χ2v) is 5.91. The summed E-state index contributed by atoms with van der Waals surface area (Å²) in [6, 6.07) is 4.24. The molecule has 1 aromatic carbocycles. The molecule has 1 aromatic rings. The lowest BCUT2D eigenvalue weighted by Crippen LogP contribution is -2.42. The first-order chi connectivity index (χ1) is 8.25. The number of nitrogens with one attached hydrogen (secondary N) is 1. The second-order valence-electron chi connectivity index (χ2n) is 4.76. The number of nitrogens with zero attached hydrogens (tertiary/aromatic N) is 1. The highest BCUT2D eigenvalue weighted by Crippen LogP contribution is 2.35. The highest BCUT2D eigenvalue weighted by molar-refractivity contribution is 7.99. The van der Waals surface area contributed by atoms with Crippen LogP contribution in [-0.2, 0) is 0 Å². The molecule has 0 aromatic heterocycles. The van der Waals surface area contributed by atoms with Gasteiger partial charge in [0.15, 0.2) is 0 Å². The van der Waals surface area contributed by atoms with Crippen molar-refractivity contribution >= 4 is 23.1 Å². The van der Waals surface area contributed by atoms with Gasteiger partial charge in [-0.15, -0.1) is 0 Å². The Morgan fingerprint density at radius 1 is 1.47 bits per heavy atom. The molecule has 3 rings (SSSR count). The van der Waals surface area contributed by atoms with E-state index in [1.54, 1.807) is 6.07 Å². The van der Waals surface area contributed by atoms with E-state index in [4.69, 9.17) is 0 Å². The third-order valence-electron chi connectivity index (χ3n) is 3.61. The van der Waals surface area contributed by atoms with Gasteiger partial charge in [0.1, 0.15) is 5.82 Å². The summed E-state index contributed by atoms with van der Waals surface area (Å²) in [5.41, 5.74) is 2.89. The van der Waals surface area contributed by atoms with Crippen molar-refractivity contribution in [2.75, 3.05) is 34.8 Å². The summed E-state index contributed by atoms with van der Waals surface area (Å²) in [7, 11) is 0. The molecular formula is C13H17FN2S. The zero-order valence-corrected chi connectivity index (χ0v) is 10.8. The summed E-state index contributed by atoms with van der Waals surface area (Å²) in [5, 5.41) is 3.36. The third kappa shape index (κ3) is 1.99. The Labute approximate surface area is 106 Å². The number of hydrogen-bond acceptors (Lipinski definition) is 3. The SMILES string of the molecule is Cc1cc2c(cc1F)NCCC1CSCCN21. The largest absolute Gasteiger partial charge is 0.383 e. The van der Waals surface area contributed by atoms with E-state index < -0.39 is 0 Å². The van der Waals surface area contributed by atoms with Gasteiger partial charge in [0.25, 0.3) is 0 Å². The first-order valence-electron chi connectivity index (χ1n) is 6.14. The Hall–Kier alpha value is -0.900. The molecule has 1 atom stereocenters. The molecule has 1 saturated heterocycles. The summed E-state index contributed by atoms with van der Waals surface area (Å²) >= 11 is 2.03. The van der Waals surface area contributed by atoms with Gasteiger partial charge in [-0.25, -0.2) is 4.39 Å². The molecule has 0 spiro atoms. The summed E-state index contributed by atoms with van der Waals surface area (Å²) in [6.07, 6.45) is 1.14. The predicted molar refractivity (Wildman–Crippen MR) is 72.7 cm³/mol. The number of hydrogen-bond donors (Lipinski definition) is 1. The van der Waals surface area contributed by atoms with E-state index in [1.165, 1.54) is 17.2 Å². The van der Waals surface area contributed by atoms with Crippen LogP contribution in [-0.4, -0.2) is 30.6 Å². The normalized spacial score (nSPS) is 23.4. The number of anilines is 2. The van der Waals surface area contributed by atoms with Gasteiger partial charge in [-0.05, 0) is 31.0 Å². The number of rotatable bonds is 0. The number of fused-ring (bicyclic) bond motifs is 3. The van der Waals surface area contributed by atoms with Crippen LogP contribution in [0.15, 0.2) is 12.1 Å².